The molecule has 0 bridgehead atoms. The summed E-state index contributed by atoms with van der Waals surface area (Å²) >= 11 is 6.33. The SMILES string of the molecule is FC(F)(Cl)C(F)(Cl)C(F)(F)C(F)(F)C(F)(F)C(F)(F)C(F)(F)C(F)(F)I. The Kier molecular flexibility index (Phi) is 6.45. The molecule has 18 heteroatoms. The van der Waals surface area contributed by atoms with Crippen molar-refractivity contribution in [2.45, 2.75) is 44.1 Å². The second kappa shape index (κ2) is 6.38. The summed E-state index contributed by atoms with van der Waals surface area (Å²) in [7, 11) is 0. The van der Waals surface area contributed by atoms with Crippen LogP contribution < -0.4 is 0 Å². The molecule has 0 rings (SSSR count). The summed E-state index contributed by atoms with van der Waals surface area (Å²) < 4.78 is 187. The molecule has 0 radical (unpaired) electrons. The standard InChI is InChI=1S/C8Cl2F15I/c9-1(11,7(10,22)23)2(12,13)3(14,15)4(16,17)5(18,19)6(20,21)8(24,25)26. The number of hydrogen-bond donors (Lipinski definition) is 0. The number of rotatable bonds is 7. The van der Waals surface area contributed by atoms with E-state index in [1.54, 1.807) is 0 Å². The van der Waals surface area contributed by atoms with Crippen LogP contribution in [0.15, 0.2) is 0 Å². The number of alkyl halides is 18. The topological polar surface area (TPSA) is 0 Å². The van der Waals surface area contributed by atoms with Crippen molar-refractivity contribution in [3.05, 3.63) is 0 Å². The zero-order valence-corrected chi connectivity index (χ0v) is 14.5. The molecular formula is C8Cl2F15I. The molecule has 0 aliphatic carbocycles. The Labute approximate surface area is 156 Å². The van der Waals surface area contributed by atoms with Crippen molar-refractivity contribution in [3.63, 3.8) is 0 Å². The zero-order valence-electron chi connectivity index (χ0n) is 10.8. The average Bonchev–Trinajstić information content (AvgIpc) is 2.34. The Morgan fingerprint density at radius 2 is 0.654 bits per heavy atom. The van der Waals surface area contributed by atoms with Crippen molar-refractivity contribution in [2.24, 2.45) is 0 Å². The Morgan fingerprint density at radius 1 is 0.423 bits per heavy atom. The summed E-state index contributed by atoms with van der Waals surface area (Å²) in [6, 6.07) is 0. The van der Waals surface area contributed by atoms with Crippen molar-refractivity contribution in [1.82, 2.24) is 0 Å². The minimum absolute atomic E-state index is 0.908. The Hall–Kier alpha value is 0.260. The van der Waals surface area contributed by atoms with E-state index in [-0.39, 0.29) is 0 Å². The molecule has 0 aromatic rings. The fraction of sp³-hybridized carbons (Fsp3) is 1.00. The quantitative estimate of drug-likeness (QED) is 0.175. The lowest BCUT2D eigenvalue weighted by atomic mass is 9.92. The fourth-order valence-corrected chi connectivity index (χ4v) is 1.72. The van der Waals surface area contributed by atoms with Gasteiger partial charge in [-0.15, -0.1) is 0 Å². The molecule has 0 nitrogen and oxygen atoms in total. The third-order valence-electron chi connectivity index (χ3n) is 2.68. The average molecular weight is 579 g/mol. The molecule has 0 heterocycles. The number of hydrogen-bond acceptors (Lipinski definition) is 0. The predicted octanol–water partition coefficient (Wildman–Crippen LogP) is 6.93. The third-order valence-corrected chi connectivity index (χ3v) is 4.19. The Morgan fingerprint density at radius 3 is 0.885 bits per heavy atom. The molecule has 0 fully saturated rings. The zero-order chi connectivity index (χ0) is 22.0. The lowest BCUT2D eigenvalue weighted by Crippen LogP contribution is -2.73. The van der Waals surface area contributed by atoms with Gasteiger partial charge in [0.15, 0.2) is 0 Å². The first-order valence-corrected chi connectivity index (χ1v) is 6.99. The summed E-state index contributed by atoms with van der Waals surface area (Å²) in [6.07, 6.45) is 0. The van der Waals surface area contributed by atoms with E-state index < -0.39 is 66.6 Å². The summed E-state index contributed by atoms with van der Waals surface area (Å²) in [5.41, 5.74) is 0. The number of halogens is 18. The predicted molar refractivity (Wildman–Crippen MR) is 64.2 cm³/mol. The van der Waals surface area contributed by atoms with Gasteiger partial charge in [-0.2, -0.15) is 61.5 Å². The summed E-state index contributed by atoms with van der Waals surface area (Å²) in [4.78, 5) is 0. The molecule has 0 saturated carbocycles. The molecule has 26 heavy (non-hydrogen) atoms. The normalized spacial score (nSPS) is 18.7. The Bertz CT molecular complexity index is 483. The van der Waals surface area contributed by atoms with Crippen molar-refractivity contribution in [3.8, 4) is 0 Å². The summed E-state index contributed by atoms with van der Waals surface area (Å²) in [5, 5.41) is -13.1. The highest BCUT2D eigenvalue weighted by Crippen LogP contribution is 2.65. The molecule has 0 aliphatic rings. The molecule has 1 atom stereocenters. The molecule has 0 spiro atoms. The van der Waals surface area contributed by atoms with Gasteiger partial charge in [0, 0.05) is 22.6 Å². The molecule has 158 valence electrons. The molecule has 0 aromatic heterocycles. The van der Waals surface area contributed by atoms with Crippen LogP contribution in [0.5, 0.6) is 0 Å². The highest BCUT2D eigenvalue weighted by atomic mass is 127. The van der Waals surface area contributed by atoms with Crippen LogP contribution in [0.25, 0.3) is 0 Å². The van der Waals surface area contributed by atoms with Crippen molar-refractivity contribution in [2.75, 3.05) is 0 Å². The van der Waals surface area contributed by atoms with Gasteiger partial charge in [0.1, 0.15) is 0 Å². The molecule has 1 unspecified atom stereocenters. The second-order valence-electron chi connectivity index (χ2n) is 4.44. The molecule has 0 aliphatic heterocycles. The highest BCUT2D eigenvalue weighted by Gasteiger charge is 2.94. The first-order chi connectivity index (χ1) is 10.8. The van der Waals surface area contributed by atoms with Crippen LogP contribution in [0.3, 0.4) is 0 Å². The van der Waals surface area contributed by atoms with E-state index in [1.165, 1.54) is 0 Å². The smallest absolute Gasteiger partial charge is 0.211 e. The van der Waals surface area contributed by atoms with Gasteiger partial charge in [0.2, 0.25) is 0 Å². The van der Waals surface area contributed by atoms with Gasteiger partial charge in [-0.05, 0) is 11.6 Å². The minimum Gasteiger partial charge on any atom is -0.211 e. The van der Waals surface area contributed by atoms with Crippen LogP contribution in [-0.4, -0.2) is 44.1 Å². The van der Waals surface area contributed by atoms with E-state index in [4.69, 9.17) is 0 Å². The molecule has 0 aromatic carbocycles. The fourth-order valence-electron chi connectivity index (χ4n) is 1.14. The second-order valence-corrected chi connectivity index (χ2v) is 6.79. The van der Waals surface area contributed by atoms with Gasteiger partial charge < -0.3 is 0 Å². The van der Waals surface area contributed by atoms with E-state index in [1.807, 2.05) is 0 Å². The van der Waals surface area contributed by atoms with Crippen LogP contribution in [0.4, 0.5) is 65.9 Å². The van der Waals surface area contributed by atoms with Gasteiger partial charge in [-0.25, -0.2) is 4.39 Å². The lowest BCUT2D eigenvalue weighted by Gasteiger charge is -2.42. The van der Waals surface area contributed by atoms with E-state index >= 15 is 0 Å². The van der Waals surface area contributed by atoms with Gasteiger partial charge in [0.05, 0.1) is 0 Å². The van der Waals surface area contributed by atoms with Gasteiger partial charge in [0.25, 0.3) is 0 Å². The first kappa shape index (κ1) is 26.3. The van der Waals surface area contributed by atoms with Crippen LogP contribution in [0, 0.1) is 0 Å². The third kappa shape index (κ3) is 3.28. The molecular weight excluding hydrogens is 579 g/mol. The molecule has 0 N–H and O–H groups in total. The van der Waals surface area contributed by atoms with Gasteiger partial charge >= 0.3 is 44.1 Å². The summed E-state index contributed by atoms with van der Waals surface area (Å²) in [6.45, 7) is 0. The summed E-state index contributed by atoms with van der Waals surface area (Å²) in [5.74, 6) is -39.6. The van der Waals surface area contributed by atoms with E-state index in [9.17, 15) is 65.9 Å². The lowest BCUT2D eigenvalue weighted by molar-refractivity contribution is -0.425. The van der Waals surface area contributed by atoms with Gasteiger partial charge in [-0.3, -0.25) is 0 Å². The minimum atomic E-state index is -8.23. The highest BCUT2D eigenvalue weighted by molar-refractivity contribution is 14.1. The van der Waals surface area contributed by atoms with Crippen molar-refractivity contribution >= 4 is 45.8 Å². The Balaban J connectivity index is 6.61. The molecule has 0 amide bonds. The maximum absolute atomic E-state index is 13.1. The van der Waals surface area contributed by atoms with E-state index in [0.29, 0.717) is 0 Å². The maximum Gasteiger partial charge on any atom is 0.387 e. The largest absolute Gasteiger partial charge is 0.387 e. The van der Waals surface area contributed by atoms with E-state index in [0.717, 1.165) is 0 Å². The van der Waals surface area contributed by atoms with Crippen LogP contribution in [0.1, 0.15) is 0 Å². The van der Waals surface area contributed by atoms with Crippen LogP contribution >= 0.6 is 45.8 Å². The monoisotopic (exact) mass is 578 g/mol. The maximum atomic E-state index is 13.1. The van der Waals surface area contributed by atoms with Crippen LogP contribution in [-0.2, 0) is 0 Å². The molecule has 0 saturated heterocycles. The van der Waals surface area contributed by atoms with E-state index in [2.05, 4.69) is 23.2 Å². The van der Waals surface area contributed by atoms with Gasteiger partial charge in [-0.1, -0.05) is 11.6 Å². The van der Waals surface area contributed by atoms with Crippen molar-refractivity contribution in [1.29, 1.82) is 0 Å². The van der Waals surface area contributed by atoms with Crippen LogP contribution in [0.2, 0.25) is 0 Å². The van der Waals surface area contributed by atoms with Crippen molar-refractivity contribution < 1.29 is 65.9 Å². The first-order valence-electron chi connectivity index (χ1n) is 5.15.